The summed E-state index contributed by atoms with van der Waals surface area (Å²) in [4.78, 5) is 40.1. The van der Waals surface area contributed by atoms with E-state index in [0.717, 1.165) is 23.8 Å². The highest BCUT2D eigenvalue weighted by Crippen LogP contribution is 2.20. The van der Waals surface area contributed by atoms with Crippen molar-refractivity contribution in [3.63, 3.8) is 0 Å². The van der Waals surface area contributed by atoms with Gasteiger partial charge >= 0.3 is 0 Å². The molecule has 0 spiro atoms. The standard InChI is InChI=1S/C19H19ClN2O3/c20-15-9-10-16(23)22(13-15)17(18(24)14-7-3-1-4-8-14)19(25)21-11-5-2-6-12-21/h1,3-4,7-10,13,17H,2,5-6,11-12H2/t17-/m1/s1. The average molecular weight is 359 g/mol. The van der Waals surface area contributed by atoms with E-state index in [4.69, 9.17) is 11.6 Å². The molecule has 0 radical (unpaired) electrons. The van der Waals surface area contributed by atoms with Crippen LogP contribution < -0.4 is 5.56 Å². The third kappa shape index (κ3) is 3.82. The van der Waals surface area contributed by atoms with Crippen LogP contribution in [0.3, 0.4) is 0 Å². The fourth-order valence-electron chi connectivity index (χ4n) is 3.08. The van der Waals surface area contributed by atoms with Crippen molar-refractivity contribution in [2.24, 2.45) is 0 Å². The van der Waals surface area contributed by atoms with Crippen molar-refractivity contribution in [3.8, 4) is 0 Å². The number of halogens is 1. The van der Waals surface area contributed by atoms with Gasteiger partial charge in [0.1, 0.15) is 0 Å². The van der Waals surface area contributed by atoms with Crippen LogP contribution in [0.2, 0.25) is 5.02 Å². The second-order valence-corrected chi connectivity index (χ2v) is 6.55. The number of hydrogen-bond acceptors (Lipinski definition) is 3. The Bertz CT molecular complexity index is 826. The van der Waals surface area contributed by atoms with Gasteiger partial charge in [0.25, 0.3) is 11.5 Å². The van der Waals surface area contributed by atoms with Crippen molar-refractivity contribution in [1.82, 2.24) is 9.47 Å². The molecule has 5 nitrogen and oxygen atoms in total. The first-order valence-electron chi connectivity index (χ1n) is 8.33. The van der Waals surface area contributed by atoms with E-state index in [1.165, 1.54) is 18.3 Å². The summed E-state index contributed by atoms with van der Waals surface area (Å²) in [6.45, 7) is 1.21. The number of Topliss-reactive ketones (excluding diaryl/α,β-unsaturated/α-hetero) is 1. The van der Waals surface area contributed by atoms with E-state index in [9.17, 15) is 14.4 Å². The molecule has 2 heterocycles. The molecule has 1 aromatic heterocycles. The maximum absolute atomic E-state index is 13.1. The second kappa shape index (κ2) is 7.66. The highest BCUT2D eigenvalue weighted by molar-refractivity contribution is 6.30. The Kier molecular flexibility index (Phi) is 5.34. The Balaban J connectivity index is 2.04. The topological polar surface area (TPSA) is 59.4 Å². The van der Waals surface area contributed by atoms with Crippen LogP contribution in [0.25, 0.3) is 0 Å². The van der Waals surface area contributed by atoms with Crippen LogP contribution in [0.4, 0.5) is 0 Å². The summed E-state index contributed by atoms with van der Waals surface area (Å²) in [5.41, 5.74) is -0.0335. The lowest BCUT2D eigenvalue weighted by atomic mass is 10.0. The summed E-state index contributed by atoms with van der Waals surface area (Å²) in [5, 5.41) is 0.303. The number of ketones is 1. The number of carbonyl (C=O) groups excluding carboxylic acids is 2. The van der Waals surface area contributed by atoms with Gasteiger partial charge in [-0.05, 0) is 25.3 Å². The summed E-state index contributed by atoms with van der Waals surface area (Å²) in [5.74, 6) is -0.751. The van der Waals surface area contributed by atoms with Gasteiger partial charge in [-0.25, -0.2) is 0 Å². The number of carbonyl (C=O) groups is 2. The zero-order valence-electron chi connectivity index (χ0n) is 13.7. The number of amides is 1. The molecule has 1 aliphatic rings. The molecule has 0 unspecified atom stereocenters. The molecule has 6 heteroatoms. The van der Waals surface area contributed by atoms with Crippen LogP contribution in [0, 0.1) is 0 Å². The number of pyridine rings is 1. The Hall–Kier alpha value is -2.40. The molecule has 1 aliphatic heterocycles. The largest absolute Gasteiger partial charge is 0.340 e. The van der Waals surface area contributed by atoms with Gasteiger partial charge in [-0.2, -0.15) is 0 Å². The third-order valence-corrected chi connectivity index (χ3v) is 4.61. The number of aromatic nitrogens is 1. The zero-order chi connectivity index (χ0) is 17.8. The van der Waals surface area contributed by atoms with Gasteiger partial charge in [0.05, 0.1) is 5.02 Å². The highest BCUT2D eigenvalue weighted by Gasteiger charge is 2.34. The SMILES string of the molecule is O=C(c1ccccc1)[C@H](C(=O)N1CCCCC1)n1cc(Cl)ccc1=O. The number of nitrogens with zero attached hydrogens (tertiary/aromatic N) is 2. The maximum atomic E-state index is 13.1. The number of piperidine rings is 1. The summed E-state index contributed by atoms with van der Waals surface area (Å²) < 4.78 is 1.15. The van der Waals surface area contributed by atoms with Crippen LogP contribution in [0.5, 0.6) is 0 Å². The number of hydrogen-bond donors (Lipinski definition) is 0. The van der Waals surface area contributed by atoms with E-state index in [1.807, 2.05) is 0 Å². The fraction of sp³-hybridized carbons (Fsp3) is 0.316. The molecular formula is C19H19ClN2O3. The fourth-order valence-corrected chi connectivity index (χ4v) is 3.25. The number of benzene rings is 1. The predicted octanol–water partition coefficient (Wildman–Crippen LogP) is 2.94. The molecule has 3 rings (SSSR count). The molecule has 1 amide bonds. The van der Waals surface area contributed by atoms with E-state index in [-0.39, 0.29) is 5.91 Å². The van der Waals surface area contributed by atoms with Gasteiger partial charge in [0.2, 0.25) is 0 Å². The molecule has 0 N–H and O–H groups in total. The first-order chi connectivity index (χ1) is 12.1. The summed E-state index contributed by atoms with van der Waals surface area (Å²) >= 11 is 6.01. The Labute approximate surface area is 150 Å². The van der Waals surface area contributed by atoms with E-state index in [2.05, 4.69) is 0 Å². The van der Waals surface area contributed by atoms with Gasteiger partial charge in [-0.3, -0.25) is 19.0 Å². The van der Waals surface area contributed by atoms with Gasteiger partial charge in [-0.1, -0.05) is 41.9 Å². The Morgan fingerprint density at radius 1 is 0.960 bits per heavy atom. The Morgan fingerprint density at radius 2 is 1.64 bits per heavy atom. The lowest BCUT2D eigenvalue weighted by Gasteiger charge is -2.30. The number of likely N-dealkylation sites (tertiary alicyclic amines) is 1. The zero-order valence-corrected chi connectivity index (χ0v) is 14.5. The maximum Gasteiger partial charge on any atom is 0.253 e. The molecular weight excluding hydrogens is 340 g/mol. The first kappa shape index (κ1) is 17.4. The monoisotopic (exact) mass is 358 g/mol. The van der Waals surface area contributed by atoms with Crippen molar-refractivity contribution in [3.05, 3.63) is 69.6 Å². The molecule has 0 saturated carbocycles. The third-order valence-electron chi connectivity index (χ3n) is 4.39. The summed E-state index contributed by atoms with van der Waals surface area (Å²) in [6, 6.07) is 10.1. The lowest BCUT2D eigenvalue weighted by Crippen LogP contribution is -2.45. The minimum absolute atomic E-state index is 0.303. The summed E-state index contributed by atoms with van der Waals surface area (Å²) in [6.07, 6.45) is 4.24. The molecule has 1 saturated heterocycles. The number of rotatable bonds is 4. The molecule has 0 aliphatic carbocycles. The van der Waals surface area contributed by atoms with E-state index in [1.54, 1.807) is 35.2 Å². The molecule has 0 bridgehead atoms. The quantitative estimate of drug-likeness (QED) is 0.623. The lowest BCUT2D eigenvalue weighted by molar-refractivity contribution is -0.134. The highest BCUT2D eigenvalue weighted by atomic mass is 35.5. The van der Waals surface area contributed by atoms with Gasteiger partial charge in [0.15, 0.2) is 11.8 Å². The predicted molar refractivity (Wildman–Crippen MR) is 96.0 cm³/mol. The molecule has 1 aromatic carbocycles. The second-order valence-electron chi connectivity index (χ2n) is 6.11. The van der Waals surface area contributed by atoms with E-state index < -0.39 is 17.4 Å². The molecule has 130 valence electrons. The van der Waals surface area contributed by atoms with Gasteiger partial charge in [-0.15, -0.1) is 0 Å². The van der Waals surface area contributed by atoms with Crippen molar-refractivity contribution < 1.29 is 9.59 Å². The van der Waals surface area contributed by atoms with Crippen LogP contribution in [0.15, 0.2) is 53.5 Å². The van der Waals surface area contributed by atoms with Crippen molar-refractivity contribution >= 4 is 23.3 Å². The molecule has 25 heavy (non-hydrogen) atoms. The first-order valence-corrected chi connectivity index (χ1v) is 8.71. The van der Waals surface area contributed by atoms with Crippen molar-refractivity contribution in [2.45, 2.75) is 25.3 Å². The average Bonchev–Trinajstić information content (AvgIpc) is 2.66. The van der Waals surface area contributed by atoms with Crippen LogP contribution in [-0.4, -0.2) is 34.2 Å². The van der Waals surface area contributed by atoms with E-state index >= 15 is 0 Å². The molecule has 2 aromatic rings. The molecule has 1 fully saturated rings. The van der Waals surface area contributed by atoms with Crippen LogP contribution >= 0.6 is 11.6 Å². The minimum Gasteiger partial charge on any atom is -0.340 e. The van der Waals surface area contributed by atoms with E-state index in [0.29, 0.717) is 23.7 Å². The normalized spacial score (nSPS) is 15.6. The van der Waals surface area contributed by atoms with Crippen LogP contribution in [0.1, 0.15) is 35.7 Å². The van der Waals surface area contributed by atoms with Crippen LogP contribution in [-0.2, 0) is 4.79 Å². The summed E-state index contributed by atoms with van der Waals surface area (Å²) in [7, 11) is 0. The van der Waals surface area contributed by atoms with Gasteiger partial charge < -0.3 is 4.90 Å². The van der Waals surface area contributed by atoms with Gasteiger partial charge in [0, 0.05) is 30.9 Å². The Morgan fingerprint density at radius 3 is 2.32 bits per heavy atom. The van der Waals surface area contributed by atoms with Crippen molar-refractivity contribution in [2.75, 3.05) is 13.1 Å². The smallest absolute Gasteiger partial charge is 0.253 e. The van der Waals surface area contributed by atoms with Crippen molar-refractivity contribution in [1.29, 1.82) is 0 Å². The molecule has 1 atom stereocenters. The minimum atomic E-state index is -1.23.